The molecule has 0 amide bonds. The largest absolute Gasteiger partial charge is 0.472 e. The molecular weight excluding hydrogens is 792 g/mol. The van der Waals surface area contributed by atoms with E-state index in [2.05, 4.69) is 135 Å². The van der Waals surface area contributed by atoms with Crippen LogP contribution in [0, 0.1) is 0 Å². The van der Waals surface area contributed by atoms with Gasteiger partial charge in [-0.05, 0) is 89.9 Å². The quantitative estimate of drug-likeness (QED) is 0.0311. The van der Waals surface area contributed by atoms with Crippen molar-refractivity contribution in [1.82, 2.24) is 0 Å². The first kappa shape index (κ1) is 56.9. The van der Waals surface area contributed by atoms with Gasteiger partial charge in [0.15, 0.2) is 0 Å². The molecule has 0 saturated heterocycles. The summed E-state index contributed by atoms with van der Waals surface area (Å²) in [4.78, 5) is 33.8. The van der Waals surface area contributed by atoms with Gasteiger partial charge >= 0.3 is 19.8 Å². The molecule has 340 valence electrons. The summed E-state index contributed by atoms with van der Waals surface area (Å²) < 4.78 is 31.6. The summed E-state index contributed by atoms with van der Waals surface area (Å²) in [6, 6.07) is 0. The highest BCUT2D eigenvalue weighted by molar-refractivity contribution is 7.47. The molecule has 0 fully saturated rings. The van der Waals surface area contributed by atoms with Gasteiger partial charge in [-0.25, -0.2) is 4.57 Å². The molecule has 0 aromatic rings. The molecule has 0 radical (unpaired) electrons. The van der Waals surface area contributed by atoms with E-state index in [0.29, 0.717) is 12.8 Å². The van der Waals surface area contributed by atoms with E-state index < -0.39 is 58.4 Å². The summed E-state index contributed by atoms with van der Waals surface area (Å²) in [5, 5.41) is 20.0. The van der Waals surface area contributed by atoms with E-state index in [1.165, 1.54) is 0 Å². The normalized spacial score (nSPS) is 15.2. The molecule has 0 heterocycles. The van der Waals surface area contributed by atoms with Crippen LogP contribution in [0.1, 0.15) is 117 Å². The number of allylic oxidation sites excluding steroid dienone is 24. The zero-order valence-corrected chi connectivity index (χ0v) is 37.7. The number of carbonyl (C=O) groups excluding carboxylic acids is 2. The van der Waals surface area contributed by atoms with Gasteiger partial charge in [-0.15, -0.1) is 0 Å². The number of aliphatic hydroxyl groups excluding tert-OH is 2. The molecule has 3 N–H and O–H groups in total. The van der Waals surface area contributed by atoms with E-state index in [1.54, 1.807) is 0 Å². The third-order valence-corrected chi connectivity index (χ3v) is 8.91. The van der Waals surface area contributed by atoms with Crippen LogP contribution >= 0.6 is 7.82 Å². The molecule has 61 heavy (non-hydrogen) atoms. The monoisotopic (exact) mass is 867 g/mol. The smallest absolute Gasteiger partial charge is 0.463 e. The van der Waals surface area contributed by atoms with Gasteiger partial charge in [0.1, 0.15) is 25.4 Å². The Labute approximate surface area is 367 Å². The Morgan fingerprint density at radius 1 is 0.410 bits per heavy atom. The van der Waals surface area contributed by atoms with Gasteiger partial charge in [0.2, 0.25) is 0 Å². The molecule has 0 aromatic carbocycles. The minimum Gasteiger partial charge on any atom is -0.463 e. The SMILES string of the molecule is CC/C=C\C/C=C\C/C=C\C/C=C\C/C=C\C/C=C\CCC(=O)OCC(O)COP(=O)(O)OCC(O)COC(=O)CC/C=C\C/C=C\C/C=C\C/C=C\C/C=C\C/C=C\CC. The molecule has 0 spiro atoms. The predicted molar refractivity (Wildman–Crippen MR) is 251 cm³/mol. The van der Waals surface area contributed by atoms with Crippen molar-refractivity contribution < 1.29 is 47.8 Å². The van der Waals surface area contributed by atoms with Crippen molar-refractivity contribution >= 4 is 19.8 Å². The Balaban J connectivity index is 3.92. The topological polar surface area (TPSA) is 149 Å². The van der Waals surface area contributed by atoms with Gasteiger partial charge < -0.3 is 24.6 Å². The number of aliphatic hydroxyl groups is 2. The molecule has 0 bridgehead atoms. The second-order valence-electron chi connectivity index (χ2n) is 13.6. The maximum Gasteiger partial charge on any atom is 0.472 e. The van der Waals surface area contributed by atoms with Crippen LogP contribution in [-0.2, 0) is 32.7 Å². The Morgan fingerprint density at radius 2 is 0.639 bits per heavy atom. The molecule has 0 aromatic heterocycles. The summed E-state index contributed by atoms with van der Waals surface area (Å²) in [6.45, 7) is 2.11. The number of esters is 2. The molecule has 0 rings (SSSR count). The summed E-state index contributed by atoms with van der Waals surface area (Å²) in [6.07, 6.45) is 60.0. The van der Waals surface area contributed by atoms with E-state index in [9.17, 15) is 29.3 Å². The Kier molecular flexibility index (Phi) is 40.9. The van der Waals surface area contributed by atoms with Crippen molar-refractivity contribution in [3.8, 4) is 0 Å². The number of carbonyl (C=O) groups is 2. The van der Waals surface area contributed by atoms with Gasteiger partial charge in [-0.2, -0.15) is 0 Å². The second kappa shape index (κ2) is 43.9. The number of ether oxygens (including phenoxy) is 2. The van der Waals surface area contributed by atoms with Crippen LogP contribution in [0.15, 0.2) is 146 Å². The highest BCUT2D eigenvalue weighted by Gasteiger charge is 2.25. The number of rotatable bonds is 38. The average molecular weight is 867 g/mol. The predicted octanol–water partition coefficient (Wildman–Crippen LogP) is 11.9. The Bertz CT molecular complexity index is 1400. The third kappa shape index (κ3) is 45.2. The lowest BCUT2D eigenvalue weighted by atomic mass is 10.2. The standard InChI is InChI=1S/C50H75O10P/c1-3-5-7-9-11-13-15-17-19-21-23-25-27-29-31-33-35-37-39-41-49(53)57-43-47(51)45-59-61(55,56)60-46-48(52)44-58-50(54)42-40-38-36-34-32-30-28-26-24-22-20-18-16-14-12-10-8-6-4-2/h5-8,11-14,17-20,23-26,29-32,35-38,47-48,51-52H,3-4,9-10,15-16,21-22,27-28,33-34,39-46H2,1-2H3,(H,55,56)/b7-5-,8-6-,13-11-,14-12-,19-17-,20-18-,25-23-,26-24-,31-29-,32-30-,37-35-,38-36-. The first-order chi connectivity index (χ1) is 29.7. The summed E-state index contributed by atoms with van der Waals surface area (Å²) >= 11 is 0. The van der Waals surface area contributed by atoms with Crippen molar-refractivity contribution in [3.63, 3.8) is 0 Å². The molecule has 2 atom stereocenters. The van der Waals surface area contributed by atoms with Gasteiger partial charge in [0.05, 0.1) is 13.2 Å². The van der Waals surface area contributed by atoms with Crippen LogP contribution < -0.4 is 0 Å². The highest BCUT2D eigenvalue weighted by atomic mass is 31.2. The minimum absolute atomic E-state index is 0.113. The van der Waals surface area contributed by atoms with Crippen LogP contribution in [-0.4, -0.2) is 65.7 Å². The molecule has 0 saturated carbocycles. The maximum absolute atomic E-state index is 12.1. The van der Waals surface area contributed by atoms with Crippen LogP contribution in [0.3, 0.4) is 0 Å². The molecular formula is C50H75O10P. The fraction of sp³-hybridized carbons (Fsp3) is 0.480. The van der Waals surface area contributed by atoms with Gasteiger partial charge in [0.25, 0.3) is 0 Å². The maximum atomic E-state index is 12.1. The number of phosphoric acid groups is 1. The van der Waals surface area contributed by atoms with Crippen molar-refractivity contribution in [1.29, 1.82) is 0 Å². The zero-order valence-electron chi connectivity index (χ0n) is 36.8. The summed E-state index contributed by atoms with van der Waals surface area (Å²) in [5.74, 6) is -1.06. The first-order valence-corrected chi connectivity index (χ1v) is 23.3. The van der Waals surface area contributed by atoms with Crippen molar-refractivity contribution in [2.45, 2.75) is 129 Å². The van der Waals surface area contributed by atoms with Gasteiger partial charge in [0, 0.05) is 12.8 Å². The lowest BCUT2D eigenvalue weighted by Crippen LogP contribution is -2.25. The second-order valence-corrected chi connectivity index (χ2v) is 15.1. The summed E-state index contributed by atoms with van der Waals surface area (Å²) in [7, 11) is -4.65. The first-order valence-electron chi connectivity index (χ1n) is 21.8. The van der Waals surface area contributed by atoms with Gasteiger partial charge in [-0.3, -0.25) is 18.6 Å². The van der Waals surface area contributed by atoms with E-state index in [4.69, 9.17) is 18.5 Å². The van der Waals surface area contributed by atoms with Crippen LogP contribution in [0.5, 0.6) is 0 Å². The van der Waals surface area contributed by atoms with Crippen LogP contribution in [0.2, 0.25) is 0 Å². The molecule has 2 unspecified atom stereocenters. The highest BCUT2D eigenvalue weighted by Crippen LogP contribution is 2.43. The number of hydrogen-bond acceptors (Lipinski definition) is 9. The van der Waals surface area contributed by atoms with Crippen molar-refractivity contribution in [2.24, 2.45) is 0 Å². The summed E-state index contributed by atoms with van der Waals surface area (Å²) in [5.41, 5.74) is 0. The Hall–Kier alpha value is -4.15. The van der Waals surface area contributed by atoms with Crippen LogP contribution in [0.25, 0.3) is 0 Å². The number of hydrogen-bond donors (Lipinski definition) is 3. The Morgan fingerprint density at radius 3 is 0.885 bits per heavy atom. The molecule has 11 heteroatoms. The lowest BCUT2D eigenvalue weighted by Gasteiger charge is -2.17. The zero-order chi connectivity index (χ0) is 44.8. The number of phosphoric ester groups is 1. The average Bonchev–Trinajstić information content (AvgIpc) is 3.25. The van der Waals surface area contributed by atoms with Crippen LogP contribution in [0.4, 0.5) is 0 Å². The van der Waals surface area contributed by atoms with Crippen molar-refractivity contribution in [3.05, 3.63) is 146 Å². The minimum atomic E-state index is -4.65. The van der Waals surface area contributed by atoms with Gasteiger partial charge in [-0.1, -0.05) is 160 Å². The van der Waals surface area contributed by atoms with E-state index in [-0.39, 0.29) is 12.8 Å². The van der Waals surface area contributed by atoms with E-state index in [0.717, 1.165) is 77.0 Å². The third-order valence-electron chi connectivity index (χ3n) is 7.96. The van der Waals surface area contributed by atoms with Crippen molar-refractivity contribution in [2.75, 3.05) is 26.4 Å². The van der Waals surface area contributed by atoms with E-state index in [1.807, 2.05) is 24.3 Å². The molecule has 10 nitrogen and oxygen atoms in total. The molecule has 0 aliphatic rings. The lowest BCUT2D eigenvalue weighted by molar-refractivity contribution is -0.147. The molecule has 0 aliphatic heterocycles. The van der Waals surface area contributed by atoms with E-state index >= 15 is 0 Å². The molecule has 0 aliphatic carbocycles. The fourth-order valence-electron chi connectivity index (χ4n) is 4.70. The fourth-order valence-corrected chi connectivity index (χ4v) is 5.49.